The van der Waals surface area contributed by atoms with Crippen molar-refractivity contribution >= 4 is 5.69 Å². The highest BCUT2D eigenvalue weighted by molar-refractivity contribution is 5.77. The molecule has 0 fully saturated rings. The standard InChI is InChI=1S/C18H15FN4O/c1-11-17(24)20-16-14-5-3-4-6-15(14)21-18(2,23(16)22-11)12-7-9-13(19)10-8-12/h3-10,21H,1-2H3. The first-order chi connectivity index (χ1) is 11.5. The maximum absolute atomic E-state index is 13.3. The van der Waals surface area contributed by atoms with E-state index in [4.69, 9.17) is 0 Å². The summed E-state index contributed by atoms with van der Waals surface area (Å²) in [6, 6.07) is 13.8. The number of fused-ring (bicyclic) bond motifs is 3. The van der Waals surface area contributed by atoms with Crippen LogP contribution < -0.4 is 10.9 Å². The van der Waals surface area contributed by atoms with Crippen LogP contribution in [0, 0.1) is 12.7 Å². The second kappa shape index (κ2) is 4.99. The Morgan fingerprint density at radius 3 is 2.58 bits per heavy atom. The van der Waals surface area contributed by atoms with Crippen molar-refractivity contribution in [2.45, 2.75) is 19.5 Å². The molecule has 0 radical (unpaired) electrons. The van der Waals surface area contributed by atoms with Gasteiger partial charge in [-0.25, -0.2) is 9.07 Å². The van der Waals surface area contributed by atoms with Crippen molar-refractivity contribution in [2.75, 3.05) is 5.32 Å². The summed E-state index contributed by atoms with van der Waals surface area (Å²) in [5, 5.41) is 7.90. The van der Waals surface area contributed by atoms with Crippen molar-refractivity contribution in [1.29, 1.82) is 0 Å². The number of benzene rings is 2. The Hall–Kier alpha value is -3.02. The molecule has 1 aliphatic rings. The molecule has 0 saturated carbocycles. The van der Waals surface area contributed by atoms with Crippen LogP contribution >= 0.6 is 0 Å². The fourth-order valence-corrected chi connectivity index (χ4v) is 3.02. The van der Waals surface area contributed by atoms with Gasteiger partial charge in [0.2, 0.25) is 0 Å². The summed E-state index contributed by atoms with van der Waals surface area (Å²) in [5.41, 5.74) is 1.65. The normalized spacial score (nSPS) is 18.5. The molecule has 1 N–H and O–H groups in total. The molecule has 0 spiro atoms. The maximum atomic E-state index is 13.3. The number of rotatable bonds is 1. The van der Waals surface area contributed by atoms with Crippen LogP contribution in [0.25, 0.3) is 11.4 Å². The van der Waals surface area contributed by atoms with Crippen LogP contribution in [0.1, 0.15) is 18.2 Å². The summed E-state index contributed by atoms with van der Waals surface area (Å²) < 4.78 is 15.0. The van der Waals surface area contributed by atoms with E-state index in [0.717, 1.165) is 16.8 Å². The smallest absolute Gasteiger partial charge is 0.294 e. The molecule has 0 bridgehead atoms. The number of nitrogens with zero attached hydrogens (tertiary/aromatic N) is 3. The lowest BCUT2D eigenvalue weighted by molar-refractivity contribution is 0.385. The van der Waals surface area contributed by atoms with Crippen molar-refractivity contribution in [1.82, 2.24) is 14.8 Å². The summed E-state index contributed by atoms with van der Waals surface area (Å²) in [6.45, 7) is 3.56. The molecule has 5 nitrogen and oxygen atoms in total. The Balaban J connectivity index is 2.04. The van der Waals surface area contributed by atoms with Gasteiger partial charge in [0.1, 0.15) is 11.5 Å². The van der Waals surface area contributed by atoms with Crippen LogP contribution in [0.15, 0.2) is 53.3 Å². The minimum absolute atomic E-state index is 0.305. The summed E-state index contributed by atoms with van der Waals surface area (Å²) in [6.07, 6.45) is 0. The highest BCUT2D eigenvalue weighted by atomic mass is 19.1. The molecule has 2 heterocycles. The Morgan fingerprint density at radius 2 is 1.83 bits per heavy atom. The molecule has 6 heteroatoms. The third kappa shape index (κ3) is 2.03. The number of hydrogen-bond acceptors (Lipinski definition) is 4. The molecule has 1 unspecified atom stereocenters. The third-order valence-electron chi connectivity index (χ3n) is 4.34. The van der Waals surface area contributed by atoms with Crippen molar-refractivity contribution in [3.63, 3.8) is 0 Å². The second-order valence-electron chi connectivity index (χ2n) is 5.99. The lowest BCUT2D eigenvalue weighted by atomic mass is 9.96. The lowest BCUT2D eigenvalue weighted by Crippen LogP contribution is -2.46. The van der Waals surface area contributed by atoms with Gasteiger partial charge in [-0.3, -0.25) is 4.79 Å². The predicted octanol–water partition coefficient (Wildman–Crippen LogP) is 2.90. The zero-order chi connectivity index (χ0) is 16.9. The van der Waals surface area contributed by atoms with Gasteiger partial charge in [0.05, 0.1) is 0 Å². The molecule has 1 atom stereocenters. The Morgan fingerprint density at radius 1 is 1.12 bits per heavy atom. The average Bonchev–Trinajstić information content (AvgIpc) is 2.57. The Bertz CT molecular complexity index is 997. The summed E-state index contributed by atoms with van der Waals surface area (Å²) in [5.74, 6) is 0.188. The topological polar surface area (TPSA) is 59.8 Å². The molecule has 0 amide bonds. The van der Waals surface area contributed by atoms with Crippen LogP contribution in [0.3, 0.4) is 0 Å². The highest BCUT2D eigenvalue weighted by Gasteiger charge is 2.37. The maximum Gasteiger partial charge on any atom is 0.294 e. The van der Waals surface area contributed by atoms with Crippen LogP contribution in [-0.2, 0) is 5.66 Å². The molecule has 4 rings (SSSR count). The first-order valence-corrected chi connectivity index (χ1v) is 7.61. The Kier molecular flexibility index (Phi) is 3.03. The van der Waals surface area contributed by atoms with E-state index >= 15 is 0 Å². The fourth-order valence-electron chi connectivity index (χ4n) is 3.02. The number of aromatic nitrogens is 3. The Labute approximate surface area is 137 Å². The van der Waals surface area contributed by atoms with Crippen molar-refractivity contribution in [2.24, 2.45) is 0 Å². The van der Waals surface area contributed by atoms with Gasteiger partial charge in [-0.1, -0.05) is 24.3 Å². The van der Waals surface area contributed by atoms with E-state index in [2.05, 4.69) is 15.4 Å². The van der Waals surface area contributed by atoms with E-state index in [1.165, 1.54) is 12.1 Å². The SMILES string of the molecule is Cc1nn2c(nc1=O)-c1ccccc1NC2(C)c1ccc(F)cc1. The molecular formula is C18H15FN4O. The third-order valence-corrected chi connectivity index (χ3v) is 4.34. The van der Waals surface area contributed by atoms with Gasteiger partial charge >= 0.3 is 0 Å². The first kappa shape index (κ1) is 14.6. The fraction of sp³-hybridized carbons (Fsp3) is 0.167. The van der Waals surface area contributed by atoms with Crippen LogP contribution in [0.2, 0.25) is 0 Å². The van der Waals surface area contributed by atoms with Crippen molar-refractivity contribution in [3.05, 3.63) is 76.0 Å². The molecule has 3 aromatic rings. The largest absolute Gasteiger partial charge is 0.357 e. The zero-order valence-electron chi connectivity index (χ0n) is 13.2. The van der Waals surface area contributed by atoms with Gasteiger partial charge in [-0.15, -0.1) is 0 Å². The number of anilines is 1. The van der Waals surface area contributed by atoms with E-state index in [0.29, 0.717) is 11.5 Å². The van der Waals surface area contributed by atoms with Gasteiger partial charge in [0, 0.05) is 11.3 Å². The number of nitrogens with one attached hydrogen (secondary N) is 1. The van der Waals surface area contributed by atoms with Gasteiger partial charge in [0.25, 0.3) is 5.56 Å². The molecule has 1 aliphatic heterocycles. The summed E-state index contributed by atoms with van der Waals surface area (Å²) in [7, 11) is 0. The molecule has 120 valence electrons. The minimum atomic E-state index is -0.789. The highest BCUT2D eigenvalue weighted by Crippen LogP contribution is 2.39. The lowest BCUT2D eigenvalue weighted by Gasteiger charge is -2.39. The van der Waals surface area contributed by atoms with Crippen molar-refractivity contribution in [3.8, 4) is 11.4 Å². The summed E-state index contributed by atoms with van der Waals surface area (Å²) >= 11 is 0. The molecule has 2 aromatic carbocycles. The van der Waals surface area contributed by atoms with Crippen LogP contribution in [0.5, 0.6) is 0 Å². The number of hydrogen-bond donors (Lipinski definition) is 1. The molecular weight excluding hydrogens is 307 g/mol. The van der Waals surface area contributed by atoms with E-state index in [1.54, 1.807) is 23.7 Å². The van der Waals surface area contributed by atoms with Crippen LogP contribution in [0.4, 0.5) is 10.1 Å². The molecule has 0 saturated heterocycles. The second-order valence-corrected chi connectivity index (χ2v) is 5.99. The van der Waals surface area contributed by atoms with Crippen LogP contribution in [-0.4, -0.2) is 14.8 Å². The molecule has 0 aliphatic carbocycles. The van der Waals surface area contributed by atoms with Crippen molar-refractivity contribution < 1.29 is 4.39 Å². The van der Waals surface area contributed by atoms with E-state index < -0.39 is 5.66 Å². The van der Waals surface area contributed by atoms with E-state index in [1.807, 2.05) is 31.2 Å². The summed E-state index contributed by atoms with van der Waals surface area (Å²) in [4.78, 5) is 16.3. The quantitative estimate of drug-likeness (QED) is 0.748. The first-order valence-electron chi connectivity index (χ1n) is 7.61. The molecule has 1 aromatic heterocycles. The number of halogens is 1. The number of aryl methyl sites for hydroxylation is 1. The van der Waals surface area contributed by atoms with E-state index in [9.17, 15) is 9.18 Å². The zero-order valence-corrected chi connectivity index (χ0v) is 13.2. The molecule has 24 heavy (non-hydrogen) atoms. The van der Waals surface area contributed by atoms with Gasteiger partial charge in [-0.2, -0.15) is 10.1 Å². The van der Waals surface area contributed by atoms with E-state index in [-0.39, 0.29) is 11.4 Å². The van der Waals surface area contributed by atoms with Gasteiger partial charge < -0.3 is 5.32 Å². The van der Waals surface area contributed by atoms with Gasteiger partial charge in [-0.05, 0) is 43.7 Å². The average molecular weight is 322 g/mol. The minimum Gasteiger partial charge on any atom is -0.357 e. The predicted molar refractivity (Wildman–Crippen MR) is 89.2 cm³/mol. The van der Waals surface area contributed by atoms with Gasteiger partial charge in [0.15, 0.2) is 11.5 Å². The monoisotopic (exact) mass is 322 g/mol. The number of para-hydroxylation sites is 1.